The van der Waals surface area contributed by atoms with Gasteiger partial charge in [-0.05, 0) is 29.8 Å². The highest BCUT2D eigenvalue weighted by Crippen LogP contribution is 2.28. The number of hydrogen-bond acceptors (Lipinski definition) is 7. The molecular weight excluding hydrogens is 465 g/mol. The van der Waals surface area contributed by atoms with Crippen LogP contribution in [-0.2, 0) is 16.1 Å². The number of piperazine rings is 1. The number of aromatic nitrogens is 2. The van der Waals surface area contributed by atoms with E-state index in [0.717, 1.165) is 29.6 Å². The molecule has 0 unspecified atom stereocenters. The maximum Gasteiger partial charge on any atom is 0.260 e. The van der Waals surface area contributed by atoms with Crippen molar-refractivity contribution >= 4 is 45.8 Å². The van der Waals surface area contributed by atoms with Gasteiger partial charge in [0.2, 0.25) is 0 Å². The molecule has 174 valence electrons. The summed E-state index contributed by atoms with van der Waals surface area (Å²) in [6.45, 7) is 3.03. The molecule has 3 aromatic rings. The van der Waals surface area contributed by atoms with E-state index in [-0.39, 0.29) is 18.6 Å². The van der Waals surface area contributed by atoms with Crippen LogP contribution in [0.15, 0.2) is 42.7 Å². The molecule has 10 heteroatoms. The molecule has 1 aliphatic heterocycles. The van der Waals surface area contributed by atoms with Crippen LogP contribution in [0.3, 0.4) is 0 Å². The molecule has 1 saturated heterocycles. The third kappa shape index (κ3) is 5.65. The first-order valence-corrected chi connectivity index (χ1v) is 11.3. The first kappa shape index (κ1) is 23.5. The fraction of sp³-hybridized carbons (Fsp3) is 0.348. The number of nitrogens with zero attached hydrogens (tertiary/aromatic N) is 4. The van der Waals surface area contributed by atoms with Crippen molar-refractivity contribution in [2.24, 2.45) is 0 Å². The number of carbonyl (C=O) groups is 1. The van der Waals surface area contributed by atoms with Crippen LogP contribution >= 0.6 is 23.2 Å². The fourth-order valence-electron chi connectivity index (χ4n) is 4.02. The predicted octanol–water partition coefficient (Wildman–Crippen LogP) is 3.26. The molecule has 2 N–H and O–H groups in total. The molecule has 1 aliphatic rings. The average Bonchev–Trinajstić information content (AvgIpc) is 2.80. The Morgan fingerprint density at radius 1 is 1.18 bits per heavy atom. The second kappa shape index (κ2) is 10.5. The van der Waals surface area contributed by atoms with Gasteiger partial charge >= 0.3 is 0 Å². The third-order valence-electron chi connectivity index (χ3n) is 5.63. The van der Waals surface area contributed by atoms with Crippen LogP contribution in [0.1, 0.15) is 5.56 Å². The Kier molecular flexibility index (Phi) is 7.49. The number of fused-ring (bicyclic) bond motifs is 1. The van der Waals surface area contributed by atoms with Crippen molar-refractivity contribution in [3.8, 4) is 5.75 Å². The van der Waals surface area contributed by atoms with Gasteiger partial charge in [-0.3, -0.25) is 9.69 Å². The third-order valence-corrected chi connectivity index (χ3v) is 6.18. The predicted molar refractivity (Wildman–Crippen MR) is 129 cm³/mol. The first-order chi connectivity index (χ1) is 15.9. The van der Waals surface area contributed by atoms with Crippen molar-refractivity contribution in [2.45, 2.75) is 12.6 Å². The zero-order chi connectivity index (χ0) is 23.4. The van der Waals surface area contributed by atoms with Crippen molar-refractivity contribution < 1.29 is 14.3 Å². The molecule has 2 heterocycles. The number of benzene rings is 2. The number of amides is 1. The summed E-state index contributed by atoms with van der Waals surface area (Å²) >= 11 is 12.1. The second-order valence-corrected chi connectivity index (χ2v) is 8.75. The summed E-state index contributed by atoms with van der Waals surface area (Å²) in [6, 6.07) is 10.8. The van der Waals surface area contributed by atoms with Crippen LogP contribution in [-0.4, -0.2) is 71.7 Å². The van der Waals surface area contributed by atoms with Crippen LogP contribution in [0, 0.1) is 0 Å². The number of carbonyl (C=O) groups excluding carboxylic acids is 1. The molecule has 1 atom stereocenters. The normalized spacial score (nSPS) is 16.8. The number of ether oxygens (including phenoxy) is 2. The maximum absolute atomic E-state index is 12.9. The molecule has 0 radical (unpaired) electrons. The van der Waals surface area contributed by atoms with Crippen molar-refractivity contribution in [1.82, 2.24) is 19.8 Å². The molecule has 1 aromatic heterocycles. The smallest absolute Gasteiger partial charge is 0.260 e. The largest absolute Gasteiger partial charge is 0.482 e. The lowest BCUT2D eigenvalue weighted by atomic mass is 10.1. The van der Waals surface area contributed by atoms with E-state index in [1.807, 2.05) is 23.1 Å². The maximum atomic E-state index is 12.9. The lowest BCUT2D eigenvalue weighted by Crippen LogP contribution is -2.57. The quantitative estimate of drug-likeness (QED) is 0.544. The highest BCUT2D eigenvalue weighted by Gasteiger charge is 2.30. The fourth-order valence-corrected chi connectivity index (χ4v) is 4.35. The van der Waals surface area contributed by atoms with Gasteiger partial charge in [0, 0.05) is 49.8 Å². The van der Waals surface area contributed by atoms with E-state index in [4.69, 9.17) is 38.4 Å². The van der Waals surface area contributed by atoms with Gasteiger partial charge < -0.3 is 20.1 Å². The minimum absolute atomic E-state index is 0.0897. The number of nitrogen functional groups attached to an aromatic ring is 1. The monoisotopic (exact) mass is 489 g/mol. The van der Waals surface area contributed by atoms with Crippen LogP contribution in [0.2, 0.25) is 10.0 Å². The number of rotatable bonds is 7. The lowest BCUT2D eigenvalue weighted by molar-refractivity contribution is -0.140. The number of hydrogen-bond donors (Lipinski definition) is 1. The van der Waals surface area contributed by atoms with Crippen molar-refractivity contribution in [3.63, 3.8) is 0 Å². The Bertz CT molecular complexity index is 1150. The van der Waals surface area contributed by atoms with Gasteiger partial charge in [0.25, 0.3) is 5.91 Å². The van der Waals surface area contributed by atoms with Gasteiger partial charge in [0.15, 0.2) is 6.61 Å². The summed E-state index contributed by atoms with van der Waals surface area (Å²) in [6.07, 6.45) is 1.47. The second-order valence-electron chi connectivity index (χ2n) is 7.91. The average molecular weight is 490 g/mol. The number of methoxy groups -OCH3 is 1. The summed E-state index contributed by atoms with van der Waals surface area (Å²) < 4.78 is 11.0. The summed E-state index contributed by atoms with van der Waals surface area (Å²) in [5.41, 5.74) is 7.87. The van der Waals surface area contributed by atoms with Gasteiger partial charge in [0.05, 0.1) is 23.2 Å². The Balaban J connectivity index is 1.39. The lowest BCUT2D eigenvalue weighted by Gasteiger charge is -2.41. The highest BCUT2D eigenvalue weighted by molar-refractivity contribution is 6.34. The highest BCUT2D eigenvalue weighted by atomic mass is 35.5. The molecule has 33 heavy (non-hydrogen) atoms. The molecule has 8 nitrogen and oxygen atoms in total. The molecule has 0 aliphatic carbocycles. The summed E-state index contributed by atoms with van der Waals surface area (Å²) in [4.78, 5) is 25.4. The van der Waals surface area contributed by atoms with Gasteiger partial charge in [0.1, 0.15) is 17.9 Å². The van der Waals surface area contributed by atoms with E-state index in [9.17, 15) is 4.79 Å². The van der Waals surface area contributed by atoms with E-state index in [2.05, 4.69) is 14.9 Å². The number of halogens is 2. The summed E-state index contributed by atoms with van der Waals surface area (Å²) in [5, 5.41) is 1.75. The van der Waals surface area contributed by atoms with Crippen LogP contribution in [0.5, 0.6) is 5.75 Å². The Labute approximate surface area is 202 Å². The number of anilines is 1. The Morgan fingerprint density at radius 2 is 2.03 bits per heavy atom. The molecule has 1 fully saturated rings. The molecule has 1 amide bonds. The van der Waals surface area contributed by atoms with Gasteiger partial charge in [-0.1, -0.05) is 29.3 Å². The van der Waals surface area contributed by atoms with E-state index < -0.39 is 0 Å². The van der Waals surface area contributed by atoms with Crippen LogP contribution in [0.4, 0.5) is 5.82 Å². The van der Waals surface area contributed by atoms with Crippen LogP contribution in [0.25, 0.3) is 10.9 Å². The van der Waals surface area contributed by atoms with Gasteiger partial charge in [-0.25, -0.2) is 9.97 Å². The Morgan fingerprint density at radius 3 is 2.85 bits per heavy atom. The minimum atomic E-state index is -0.120. The van der Waals surface area contributed by atoms with E-state index >= 15 is 0 Å². The SMILES string of the molecule is COC[C@@H]1CN(Cc2ccc3c(N)ncnc3c2)CCN1C(=O)COc1cc(Cl)ccc1Cl. The molecule has 0 spiro atoms. The van der Waals surface area contributed by atoms with Crippen molar-refractivity contribution in [2.75, 3.05) is 45.7 Å². The topological polar surface area (TPSA) is 93.8 Å². The summed E-state index contributed by atoms with van der Waals surface area (Å²) in [7, 11) is 1.64. The van der Waals surface area contributed by atoms with Crippen molar-refractivity contribution in [3.05, 3.63) is 58.3 Å². The molecule has 0 saturated carbocycles. The minimum Gasteiger partial charge on any atom is -0.482 e. The zero-order valence-electron chi connectivity index (χ0n) is 18.2. The zero-order valence-corrected chi connectivity index (χ0v) is 19.7. The van der Waals surface area contributed by atoms with Crippen LogP contribution < -0.4 is 10.5 Å². The molecular formula is C23H25Cl2N5O3. The van der Waals surface area contributed by atoms with Gasteiger partial charge in [-0.15, -0.1) is 0 Å². The molecule has 2 aromatic carbocycles. The molecule has 4 rings (SSSR count). The standard InChI is InChI=1S/C23H25Cl2N5O3/c1-32-12-17-11-29(10-15-2-4-18-20(8-15)27-14-28-23(18)26)6-7-30(17)22(31)13-33-21-9-16(24)3-5-19(21)25/h2-5,8-9,14,17H,6-7,10-13H2,1H3,(H2,26,27,28)/t17-/m0/s1. The van der Waals surface area contributed by atoms with E-state index in [0.29, 0.717) is 41.3 Å². The first-order valence-electron chi connectivity index (χ1n) is 10.5. The summed E-state index contributed by atoms with van der Waals surface area (Å²) in [5.74, 6) is 0.742. The Hall–Kier alpha value is -2.65. The number of nitrogens with two attached hydrogens (primary N) is 1. The van der Waals surface area contributed by atoms with Gasteiger partial charge in [-0.2, -0.15) is 0 Å². The van der Waals surface area contributed by atoms with E-state index in [1.54, 1.807) is 25.3 Å². The molecule has 0 bridgehead atoms. The van der Waals surface area contributed by atoms with E-state index in [1.165, 1.54) is 6.33 Å². The van der Waals surface area contributed by atoms with Crippen molar-refractivity contribution in [1.29, 1.82) is 0 Å².